The summed E-state index contributed by atoms with van der Waals surface area (Å²) in [4.78, 5) is 0. The van der Waals surface area contributed by atoms with Gasteiger partial charge in [-0.2, -0.15) is 0 Å². The molecule has 2 nitrogen and oxygen atoms in total. The van der Waals surface area contributed by atoms with E-state index in [9.17, 15) is 0 Å². The van der Waals surface area contributed by atoms with Crippen LogP contribution in [0, 0.1) is 0 Å². The Hall–Kier alpha value is 0.360. The molecule has 90 valence electrons. The van der Waals surface area contributed by atoms with E-state index in [0.29, 0.717) is 13.2 Å². The molecule has 0 saturated carbocycles. The van der Waals surface area contributed by atoms with E-state index in [0.717, 1.165) is 25.7 Å². The summed E-state index contributed by atoms with van der Waals surface area (Å²) in [5, 5.41) is 19.0. The topological polar surface area (TPSA) is 40.5 Å². The molecule has 0 aromatic carbocycles. The molecule has 15 heavy (non-hydrogen) atoms. The van der Waals surface area contributed by atoms with Crippen LogP contribution in [0.1, 0.15) is 38.5 Å². The van der Waals surface area contributed by atoms with Crippen molar-refractivity contribution in [2.45, 2.75) is 38.5 Å². The second-order valence-corrected chi connectivity index (χ2v) is 5.64. The molecule has 0 fully saturated rings. The SMILES string of the molecule is C1=CSSC1.OCCCCCCCCO. The summed E-state index contributed by atoms with van der Waals surface area (Å²) in [5.74, 6) is 1.20. The highest BCUT2D eigenvalue weighted by molar-refractivity contribution is 8.78. The fourth-order valence-electron chi connectivity index (χ4n) is 1.13. The van der Waals surface area contributed by atoms with Crippen molar-refractivity contribution in [3.8, 4) is 0 Å². The van der Waals surface area contributed by atoms with Crippen LogP contribution in [0.15, 0.2) is 11.5 Å². The van der Waals surface area contributed by atoms with Crippen LogP contribution < -0.4 is 0 Å². The molecule has 0 bridgehead atoms. The van der Waals surface area contributed by atoms with Crippen LogP contribution in [0.4, 0.5) is 0 Å². The Kier molecular flexibility index (Phi) is 14.7. The molecule has 0 aromatic rings. The molecule has 0 unspecified atom stereocenters. The fraction of sp³-hybridized carbons (Fsp3) is 0.818. The lowest BCUT2D eigenvalue weighted by Crippen LogP contribution is -1.85. The molecule has 0 aliphatic carbocycles. The van der Waals surface area contributed by atoms with Crippen LogP contribution in [-0.2, 0) is 0 Å². The van der Waals surface area contributed by atoms with Gasteiger partial charge in [0.05, 0.1) is 0 Å². The number of unbranched alkanes of at least 4 members (excludes halogenated alkanes) is 5. The molecule has 4 heteroatoms. The largest absolute Gasteiger partial charge is 0.396 e. The van der Waals surface area contributed by atoms with Crippen molar-refractivity contribution < 1.29 is 10.2 Å². The molecule has 0 aromatic heterocycles. The third-order valence-electron chi connectivity index (χ3n) is 1.95. The second-order valence-electron chi connectivity index (χ2n) is 3.32. The molecule has 1 aliphatic rings. The van der Waals surface area contributed by atoms with Gasteiger partial charge in [0.1, 0.15) is 0 Å². The summed E-state index contributed by atoms with van der Waals surface area (Å²) in [6.07, 6.45) is 8.67. The monoisotopic (exact) mass is 250 g/mol. The van der Waals surface area contributed by atoms with E-state index < -0.39 is 0 Å². The third kappa shape index (κ3) is 14.4. The standard InChI is InChI=1S/C8H18O2.C3H4S2/c9-7-5-3-1-2-4-6-8-10;1-2-4-5-3-1/h9-10H,1-8H2;1-2H,3H2. The van der Waals surface area contributed by atoms with E-state index in [2.05, 4.69) is 11.5 Å². The van der Waals surface area contributed by atoms with Gasteiger partial charge in [-0.1, -0.05) is 53.3 Å². The van der Waals surface area contributed by atoms with Crippen LogP contribution >= 0.6 is 21.6 Å². The minimum Gasteiger partial charge on any atom is -0.396 e. The van der Waals surface area contributed by atoms with Crippen LogP contribution in [0.25, 0.3) is 0 Å². The van der Waals surface area contributed by atoms with E-state index in [4.69, 9.17) is 10.2 Å². The van der Waals surface area contributed by atoms with Gasteiger partial charge in [-0.3, -0.25) is 0 Å². The maximum absolute atomic E-state index is 8.43. The van der Waals surface area contributed by atoms with E-state index in [1.165, 1.54) is 18.6 Å². The molecular weight excluding hydrogens is 228 g/mol. The maximum Gasteiger partial charge on any atom is 0.0431 e. The molecule has 1 aliphatic heterocycles. The average Bonchev–Trinajstić information content (AvgIpc) is 2.82. The van der Waals surface area contributed by atoms with Crippen molar-refractivity contribution in [3.63, 3.8) is 0 Å². The van der Waals surface area contributed by atoms with Crippen LogP contribution in [-0.4, -0.2) is 29.2 Å². The predicted molar refractivity (Wildman–Crippen MR) is 71.1 cm³/mol. The summed E-state index contributed by atoms with van der Waals surface area (Å²) in [7, 11) is 3.69. The number of rotatable bonds is 7. The number of hydrogen-bond acceptors (Lipinski definition) is 4. The van der Waals surface area contributed by atoms with Gasteiger partial charge in [-0.15, -0.1) is 0 Å². The number of aliphatic hydroxyl groups excluding tert-OH is 2. The minimum absolute atomic E-state index is 0.319. The van der Waals surface area contributed by atoms with Gasteiger partial charge in [0.2, 0.25) is 0 Å². The Bertz CT molecular complexity index is 127. The van der Waals surface area contributed by atoms with Gasteiger partial charge in [0.25, 0.3) is 0 Å². The van der Waals surface area contributed by atoms with Crippen molar-refractivity contribution in [1.82, 2.24) is 0 Å². The van der Waals surface area contributed by atoms with Gasteiger partial charge < -0.3 is 10.2 Å². The molecule has 2 N–H and O–H groups in total. The van der Waals surface area contributed by atoms with Crippen molar-refractivity contribution in [2.75, 3.05) is 19.0 Å². The highest BCUT2D eigenvalue weighted by Gasteiger charge is 1.88. The summed E-state index contributed by atoms with van der Waals surface area (Å²) < 4.78 is 0. The van der Waals surface area contributed by atoms with E-state index >= 15 is 0 Å². The molecule has 1 rings (SSSR count). The lowest BCUT2D eigenvalue weighted by molar-refractivity contribution is 0.275. The lowest BCUT2D eigenvalue weighted by Gasteiger charge is -1.97. The first-order valence-corrected chi connectivity index (χ1v) is 7.95. The average molecular weight is 250 g/mol. The van der Waals surface area contributed by atoms with Crippen molar-refractivity contribution >= 4 is 21.6 Å². The fourth-order valence-corrected chi connectivity index (χ4v) is 2.70. The molecule has 0 amide bonds. The third-order valence-corrected chi connectivity index (χ3v) is 3.87. The molecular formula is C11H22O2S2. The van der Waals surface area contributed by atoms with Gasteiger partial charge in [-0.05, 0) is 18.2 Å². The smallest absolute Gasteiger partial charge is 0.0431 e. The zero-order valence-corrected chi connectivity index (χ0v) is 10.9. The summed E-state index contributed by atoms with van der Waals surface area (Å²) in [5.41, 5.74) is 0. The van der Waals surface area contributed by atoms with Gasteiger partial charge in [0, 0.05) is 19.0 Å². The number of hydrogen-bond donors (Lipinski definition) is 2. The second kappa shape index (κ2) is 14.4. The number of aliphatic hydroxyl groups is 2. The highest BCUT2D eigenvalue weighted by Crippen LogP contribution is 2.27. The van der Waals surface area contributed by atoms with Crippen molar-refractivity contribution in [2.24, 2.45) is 0 Å². The molecule has 0 spiro atoms. The van der Waals surface area contributed by atoms with Gasteiger partial charge in [0.15, 0.2) is 0 Å². The zero-order valence-electron chi connectivity index (χ0n) is 9.23. The van der Waals surface area contributed by atoms with E-state index in [-0.39, 0.29) is 0 Å². The van der Waals surface area contributed by atoms with E-state index in [1.54, 1.807) is 0 Å². The highest BCUT2D eigenvalue weighted by atomic mass is 33.1. The Balaban J connectivity index is 0.000000322. The first-order chi connectivity index (χ1) is 7.41. The quantitative estimate of drug-likeness (QED) is 0.538. The summed E-state index contributed by atoms with van der Waals surface area (Å²) >= 11 is 0. The Labute approximate surface area is 101 Å². The molecule has 1 heterocycles. The van der Waals surface area contributed by atoms with E-state index in [1.807, 2.05) is 21.6 Å². The minimum atomic E-state index is 0.319. The van der Waals surface area contributed by atoms with Crippen molar-refractivity contribution in [1.29, 1.82) is 0 Å². The summed E-state index contributed by atoms with van der Waals surface area (Å²) in [6, 6.07) is 0. The molecule has 0 saturated heterocycles. The predicted octanol–water partition coefficient (Wildman–Crippen LogP) is 3.21. The van der Waals surface area contributed by atoms with Crippen LogP contribution in [0.3, 0.4) is 0 Å². The van der Waals surface area contributed by atoms with Gasteiger partial charge in [-0.25, -0.2) is 0 Å². The Morgan fingerprint density at radius 2 is 1.40 bits per heavy atom. The Morgan fingerprint density at radius 3 is 1.67 bits per heavy atom. The summed E-state index contributed by atoms with van der Waals surface area (Å²) in [6.45, 7) is 0.639. The normalized spacial score (nSPS) is 13.7. The first kappa shape index (κ1) is 15.4. The van der Waals surface area contributed by atoms with Crippen LogP contribution in [0.2, 0.25) is 0 Å². The van der Waals surface area contributed by atoms with Gasteiger partial charge >= 0.3 is 0 Å². The maximum atomic E-state index is 8.43. The molecule has 0 atom stereocenters. The lowest BCUT2D eigenvalue weighted by atomic mass is 10.1. The zero-order chi connectivity index (χ0) is 11.2. The molecule has 0 radical (unpaired) electrons. The van der Waals surface area contributed by atoms with Crippen molar-refractivity contribution in [3.05, 3.63) is 11.5 Å². The first-order valence-electron chi connectivity index (χ1n) is 5.57. The van der Waals surface area contributed by atoms with Crippen LogP contribution in [0.5, 0.6) is 0 Å². The Morgan fingerprint density at radius 1 is 0.867 bits per heavy atom.